The lowest BCUT2D eigenvalue weighted by Crippen LogP contribution is -2.24. The highest BCUT2D eigenvalue weighted by molar-refractivity contribution is 7.80. The maximum atomic E-state index is 5.32. The van der Waals surface area contributed by atoms with Crippen LogP contribution in [0.25, 0.3) is 0 Å². The summed E-state index contributed by atoms with van der Waals surface area (Å²) in [5, 5.41) is 7.91. The van der Waals surface area contributed by atoms with Gasteiger partial charge in [0.05, 0.1) is 12.8 Å². The van der Waals surface area contributed by atoms with Gasteiger partial charge < -0.3 is 14.6 Å². The fraction of sp³-hybridized carbons (Fsp3) is 0.368. The Balaban J connectivity index is 1.99. The van der Waals surface area contributed by atoms with Crippen LogP contribution in [0, 0.1) is 27.7 Å². The molecular weight excluding hydrogens is 332 g/mol. The molecule has 0 fully saturated rings. The average molecular weight is 359 g/mol. The first kappa shape index (κ1) is 19.1. The van der Waals surface area contributed by atoms with Crippen LogP contribution < -0.4 is 10.7 Å². The Morgan fingerprint density at radius 2 is 2.04 bits per heavy atom. The van der Waals surface area contributed by atoms with E-state index in [1.807, 2.05) is 12.1 Å². The molecule has 0 saturated heterocycles. The van der Waals surface area contributed by atoms with Gasteiger partial charge in [0.2, 0.25) is 0 Å². The van der Waals surface area contributed by atoms with Crippen LogP contribution in [-0.4, -0.2) is 29.6 Å². The molecule has 2 aromatic rings. The van der Waals surface area contributed by atoms with E-state index in [1.165, 1.54) is 16.8 Å². The molecule has 0 bridgehead atoms. The Bertz CT molecular complexity index is 780. The van der Waals surface area contributed by atoms with Gasteiger partial charge in [-0.25, -0.2) is 0 Å². The van der Waals surface area contributed by atoms with Gasteiger partial charge >= 0.3 is 0 Å². The largest absolute Gasteiger partial charge is 0.383 e. The van der Waals surface area contributed by atoms with Gasteiger partial charge in [0, 0.05) is 36.3 Å². The standard InChI is InChI=1S/C19H26N4OS/c1-13-7-6-8-18(15(13)3)21-19(25)22-20-12-17-11-14(2)23(16(17)4)9-10-24-5/h6-8,11-12H,9-10H2,1-5H3,(H2,21,22,25)/b20-12+. The summed E-state index contributed by atoms with van der Waals surface area (Å²) >= 11 is 5.32. The highest BCUT2D eigenvalue weighted by atomic mass is 32.1. The van der Waals surface area contributed by atoms with Crippen LogP contribution in [0.1, 0.15) is 28.1 Å². The number of anilines is 1. The number of hydrazone groups is 1. The van der Waals surface area contributed by atoms with Crippen LogP contribution in [0.3, 0.4) is 0 Å². The normalized spacial score (nSPS) is 11.1. The summed E-state index contributed by atoms with van der Waals surface area (Å²) in [6, 6.07) is 8.20. The number of aromatic nitrogens is 1. The Labute approximate surface area is 155 Å². The summed E-state index contributed by atoms with van der Waals surface area (Å²) in [5.41, 5.74) is 9.69. The first-order valence-corrected chi connectivity index (χ1v) is 8.66. The molecule has 0 spiro atoms. The van der Waals surface area contributed by atoms with Crippen LogP contribution in [0.2, 0.25) is 0 Å². The molecule has 0 amide bonds. The lowest BCUT2D eigenvalue weighted by molar-refractivity contribution is 0.186. The zero-order valence-corrected chi connectivity index (χ0v) is 16.3. The van der Waals surface area contributed by atoms with E-state index in [9.17, 15) is 0 Å². The third-order valence-corrected chi connectivity index (χ3v) is 4.55. The average Bonchev–Trinajstić information content (AvgIpc) is 2.84. The van der Waals surface area contributed by atoms with E-state index in [-0.39, 0.29) is 0 Å². The molecule has 1 aromatic heterocycles. The van der Waals surface area contributed by atoms with E-state index >= 15 is 0 Å². The maximum absolute atomic E-state index is 5.32. The molecule has 0 atom stereocenters. The lowest BCUT2D eigenvalue weighted by atomic mass is 10.1. The molecule has 1 heterocycles. The minimum absolute atomic E-state index is 0.471. The fourth-order valence-corrected chi connectivity index (χ4v) is 2.84. The third kappa shape index (κ3) is 4.90. The summed E-state index contributed by atoms with van der Waals surface area (Å²) in [7, 11) is 1.71. The van der Waals surface area contributed by atoms with Crippen LogP contribution in [0.15, 0.2) is 29.4 Å². The van der Waals surface area contributed by atoms with E-state index in [0.29, 0.717) is 11.7 Å². The fourth-order valence-electron chi connectivity index (χ4n) is 2.68. The van der Waals surface area contributed by atoms with E-state index in [4.69, 9.17) is 17.0 Å². The SMILES string of the molecule is COCCn1c(C)cc(/C=N/NC(=S)Nc2cccc(C)c2C)c1C. The monoisotopic (exact) mass is 358 g/mol. The van der Waals surface area contributed by atoms with E-state index < -0.39 is 0 Å². The van der Waals surface area contributed by atoms with Crippen LogP contribution in [0.5, 0.6) is 0 Å². The molecule has 25 heavy (non-hydrogen) atoms. The van der Waals surface area contributed by atoms with Crippen molar-refractivity contribution in [2.24, 2.45) is 5.10 Å². The Morgan fingerprint density at radius 1 is 1.28 bits per heavy atom. The highest BCUT2D eigenvalue weighted by Gasteiger charge is 2.07. The van der Waals surface area contributed by atoms with Crippen molar-refractivity contribution in [1.29, 1.82) is 0 Å². The molecular formula is C19H26N4OS. The first-order chi connectivity index (χ1) is 11.9. The molecule has 0 unspecified atom stereocenters. The van der Waals surface area contributed by atoms with Crippen LogP contribution >= 0.6 is 12.2 Å². The Hall–Kier alpha value is -2.18. The minimum Gasteiger partial charge on any atom is -0.383 e. The van der Waals surface area contributed by atoms with E-state index in [2.05, 4.69) is 60.2 Å². The predicted molar refractivity (Wildman–Crippen MR) is 109 cm³/mol. The second-order valence-corrected chi connectivity index (χ2v) is 6.45. The van der Waals surface area contributed by atoms with Crippen molar-refractivity contribution < 1.29 is 4.74 Å². The van der Waals surface area contributed by atoms with E-state index in [1.54, 1.807) is 13.3 Å². The molecule has 0 radical (unpaired) electrons. The molecule has 2 N–H and O–H groups in total. The van der Waals surface area contributed by atoms with Crippen molar-refractivity contribution in [3.8, 4) is 0 Å². The maximum Gasteiger partial charge on any atom is 0.191 e. The number of benzene rings is 1. The topological polar surface area (TPSA) is 50.6 Å². The van der Waals surface area contributed by atoms with Crippen molar-refractivity contribution in [3.05, 3.63) is 52.3 Å². The molecule has 1 aromatic carbocycles. The third-order valence-electron chi connectivity index (χ3n) is 4.35. The number of methoxy groups -OCH3 is 1. The van der Waals surface area contributed by atoms with Crippen molar-refractivity contribution in [2.75, 3.05) is 19.0 Å². The zero-order chi connectivity index (χ0) is 18.4. The highest BCUT2D eigenvalue weighted by Crippen LogP contribution is 2.17. The first-order valence-electron chi connectivity index (χ1n) is 8.26. The van der Waals surface area contributed by atoms with Gasteiger partial charge in [-0.2, -0.15) is 5.10 Å². The van der Waals surface area contributed by atoms with Crippen LogP contribution in [-0.2, 0) is 11.3 Å². The second kappa shape index (κ2) is 8.78. The number of nitrogens with one attached hydrogen (secondary N) is 2. The number of hydrogen-bond donors (Lipinski definition) is 2. The second-order valence-electron chi connectivity index (χ2n) is 6.04. The summed E-state index contributed by atoms with van der Waals surface area (Å²) in [5.74, 6) is 0. The molecule has 2 rings (SSSR count). The van der Waals surface area contributed by atoms with Crippen molar-refractivity contribution in [3.63, 3.8) is 0 Å². The summed E-state index contributed by atoms with van der Waals surface area (Å²) < 4.78 is 7.38. The minimum atomic E-state index is 0.471. The van der Waals surface area contributed by atoms with Crippen molar-refractivity contribution in [1.82, 2.24) is 9.99 Å². The van der Waals surface area contributed by atoms with Gasteiger partial charge in [0.25, 0.3) is 0 Å². The lowest BCUT2D eigenvalue weighted by Gasteiger charge is -2.11. The van der Waals surface area contributed by atoms with Gasteiger partial charge in [-0.15, -0.1) is 0 Å². The summed E-state index contributed by atoms with van der Waals surface area (Å²) in [6.45, 7) is 9.83. The van der Waals surface area contributed by atoms with Crippen molar-refractivity contribution in [2.45, 2.75) is 34.2 Å². The zero-order valence-electron chi connectivity index (χ0n) is 15.5. The smallest absolute Gasteiger partial charge is 0.191 e. The number of hydrogen-bond acceptors (Lipinski definition) is 3. The quantitative estimate of drug-likeness (QED) is 0.470. The number of nitrogens with zero attached hydrogens (tertiary/aromatic N) is 2. The molecule has 134 valence electrons. The number of aryl methyl sites for hydroxylation is 2. The Morgan fingerprint density at radius 3 is 2.76 bits per heavy atom. The molecule has 0 aliphatic carbocycles. The number of rotatable bonds is 6. The van der Waals surface area contributed by atoms with Gasteiger partial charge in [0.1, 0.15) is 0 Å². The molecule has 0 saturated carbocycles. The van der Waals surface area contributed by atoms with Gasteiger partial charge in [-0.05, 0) is 63.2 Å². The summed E-state index contributed by atoms with van der Waals surface area (Å²) in [6.07, 6.45) is 1.79. The van der Waals surface area contributed by atoms with E-state index in [0.717, 1.165) is 23.5 Å². The van der Waals surface area contributed by atoms with Gasteiger partial charge in [-0.1, -0.05) is 12.1 Å². The van der Waals surface area contributed by atoms with Gasteiger partial charge in [-0.3, -0.25) is 5.43 Å². The number of thiocarbonyl (C=S) groups is 1. The van der Waals surface area contributed by atoms with Crippen molar-refractivity contribution >= 4 is 29.2 Å². The number of ether oxygens (including phenoxy) is 1. The molecule has 5 nitrogen and oxygen atoms in total. The predicted octanol–water partition coefficient (Wildman–Crippen LogP) is 3.69. The molecule has 6 heteroatoms. The molecule has 0 aliphatic rings. The van der Waals surface area contributed by atoms with Crippen LogP contribution in [0.4, 0.5) is 5.69 Å². The Kier molecular flexibility index (Phi) is 6.73. The van der Waals surface area contributed by atoms with Gasteiger partial charge in [0.15, 0.2) is 5.11 Å². The molecule has 0 aliphatic heterocycles. The summed E-state index contributed by atoms with van der Waals surface area (Å²) in [4.78, 5) is 0.